The van der Waals surface area contributed by atoms with Crippen LogP contribution in [0.3, 0.4) is 0 Å². The van der Waals surface area contributed by atoms with E-state index >= 15 is 0 Å². The van der Waals surface area contributed by atoms with Crippen molar-refractivity contribution in [2.24, 2.45) is 0 Å². The van der Waals surface area contributed by atoms with E-state index in [9.17, 15) is 0 Å². The first-order valence-electron chi connectivity index (χ1n) is 5.79. The van der Waals surface area contributed by atoms with Crippen molar-refractivity contribution in [1.29, 1.82) is 0 Å². The number of rotatable bonds is 2. The van der Waals surface area contributed by atoms with Crippen molar-refractivity contribution >= 4 is 5.69 Å². The predicted octanol–water partition coefficient (Wildman–Crippen LogP) is 1.80. The highest BCUT2D eigenvalue weighted by molar-refractivity contribution is 5.46. The summed E-state index contributed by atoms with van der Waals surface area (Å²) in [6.07, 6.45) is 0.331. The molecule has 0 saturated carbocycles. The highest BCUT2D eigenvalue weighted by atomic mass is 16.5. The number of morpholine rings is 1. The summed E-state index contributed by atoms with van der Waals surface area (Å²) in [4.78, 5) is 2.11. The fraction of sp³-hybridized carbons (Fsp3) is 0.538. The lowest BCUT2D eigenvalue weighted by atomic mass is 10.1. The minimum atomic E-state index is 0.331. The van der Waals surface area contributed by atoms with Gasteiger partial charge in [-0.2, -0.15) is 0 Å². The van der Waals surface area contributed by atoms with Crippen molar-refractivity contribution in [3.05, 3.63) is 29.8 Å². The number of hydrogen-bond acceptors (Lipinski definition) is 3. The Morgan fingerprint density at radius 2 is 1.94 bits per heavy atom. The van der Waals surface area contributed by atoms with Crippen molar-refractivity contribution in [2.75, 3.05) is 32.1 Å². The van der Waals surface area contributed by atoms with Crippen LogP contribution in [0.15, 0.2) is 24.3 Å². The van der Waals surface area contributed by atoms with Crippen LogP contribution in [-0.2, 0) is 4.74 Å². The van der Waals surface area contributed by atoms with Gasteiger partial charge in [-0.1, -0.05) is 12.1 Å². The third-order valence-electron chi connectivity index (χ3n) is 3.01. The standard InChI is InChI=1S/C13H20N2O/c1-10-8-14-13(9-16-10)11-4-6-12(7-5-11)15(2)3/h4-7,10,13-14H,8-9H2,1-3H3/t10-,13-/m0/s1. The molecule has 3 nitrogen and oxygen atoms in total. The van der Waals surface area contributed by atoms with Crippen LogP contribution in [-0.4, -0.2) is 33.4 Å². The van der Waals surface area contributed by atoms with Crippen LogP contribution in [0.1, 0.15) is 18.5 Å². The Bertz CT molecular complexity index is 326. The van der Waals surface area contributed by atoms with Gasteiger partial charge in [0.15, 0.2) is 0 Å². The monoisotopic (exact) mass is 220 g/mol. The van der Waals surface area contributed by atoms with E-state index in [1.165, 1.54) is 11.3 Å². The molecule has 1 heterocycles. The van der Waals surface area contributed by atoms with Crippen LogP contribution in [0.25, 0.3) is 0 Å². The van der Waals surface area contributed by atoms with E-state index in [0.717, 1.165) is 13.2 Å². The lowest BCUT2D eigenvalue weighted by Crippen LogP contribution is -2.39. The van der Waals surface area contributed by atoms with Crippen molar-refractivity contribution in [1.82, 2.24) is 5.32 Å². The minimum absolute atomic E-state index is 0.331. The van der Waals surface area contributed by atoms with Crippen LogP contribution in [0, 0.1) is 0 Å². The lowest BCUT2D eigenvalue weighted by Gasteiger charge is -2.28. The van der Waals surface area contributed by atoms with E-state index in [1.807, 2.05) is 0 Å². The van der Waals surface area contributed by atoms with Gasteiger partial charge in [-0.3, -0.25) is 0 Å². The Morgan fingerprint density at radius 3 is 2.44 bits per heavy atom. The van der Waals surface area contributed by atoms with E-state index in [2.05, 4.69) is 55.5 Å². The van der Waals surface area contributed by atoms with E-state index in [-0.39, 0.29) is 0 Å². The Morgan fingerprint density at radius 1 is 1.25 bits per heavy atom. The largest absolute Gasteiger partial charge is 0.378 e. The number of nitrogens with one attached hydrogen (secondary N) is 1. The maximum Gasteiger partial charge on any atom is 0.0672 e. The minimum Gasteiger partial charge on any atom is -0.378 e. The van der Waals surface area contributed by atoms with Crippen LogP contribution in [0.5, 0.6) is 0 Å². The zero-order chi connectivity index (χ0) is 11.5. The summed E-state index contributed by atoms with van der Waals surface area (Å²) < 4.78 is 5.65. The summed E-state index contributed by atoms with van der Waals surface area (Å²) in [5.41, 5.74) is 2.53. The smallest absolute Gasteiger partial charge is 0.0672 e. The third kappa shape index (κ3) is 2.54. The molecule has 0 aromatic heterocycles. The number of ether oxygens (including phenoxy) is 1. The molecule has 0 aliphatic carbocycles. The molecule has 0 amide bonds. The summed E-state index contributed by atoms with van der Waals surface area (Å²) in [6, 6.07) is 8.98. The van der Waals surface area contributed by atoms with Crippen molar-refractivity contribution < 1.29 is 4.74 Å². The zero-order valence-electron chi connectivity index (χ0n) is 10.2. The molecule has 1 aliphatic rings. The van der Waals surface area contributed by atoms with E-state index in [4.69, 9.17) is 4.74 Å². The second kappa shape index (κ2) is 4.85. The van der Waals surface area contributed by atoms with Gasteiger partial charge in [0.25, 0.3) is 0 Å². The van der Waals surface area contributed by atoms with Crippen molar-refractivity contribution in [2.45, 2.75) is 19.1 Å². The molecule has 3 heteroatoms. The first kappa shape index (κ1) is 11.4. The first-order chi connectivity index (χ1) is 7.66. The number of anilines is 1. The molecule has 1 aromatic carbocycles. The molecule has 1 saturated heterocycles. The molecule has 16 heavy (non-hydrogen) atoms. The maximum absolute atomic E-state index is 5.65. The molecular weight excluding hydrogens is 200 g/mol. The van der Waals surface area contributed by atoms with Gasteiger partial charge in [0.2, 0.25) is 0 Å². The summed E-state index contributed by atoms with van der Waals surface area (Å²) in [5.74, 6) is 0. The average molecular weight is 220 g/mol. The molecule has 2 atom stereocenters. The van der Waals surface area contributed by atoms with Crippen LogP contribution >= 0.6 is 0 Å². The van der Waals surface area contributed by atoms with E-state index in [0.29, 0.717) is 12.1 Å². The normalized spacial score (nSPS) is 25.4. The van der Waals surface area contributed by atoms with Crippen molar-refractivity contribution in [3.8, 4) is 0 Å². The van der Waals surface area contributed by atoms with Gasteiger partial charge < -0.3 is 15.0 Å². The molecular formula is C13H20N2O. The highest BCUT2D eigenvalue weighted by Gasteiger charge is 2.18. The fourth-order valence-electron chi connectivity index (χ4n) is 1.91. The average Bonchev–Trinajstić information content (AvgIpc) is 2.30. The first-order valence-corrected chi connectivity index (χ1v) is 5.79. The second-order valence-corrected chi connectivity index (χ2v) is 4.59. The fourth-order valence-corrected chi connectivity index (χ4v) is 1.91. The summed E-state index contributed by atoms with van der Waals surface area (Å²) in [5, 5.41) is 3.50. The third-order valence-corrected chi connectivity index (χ3v) is 3.01. The van der Waals surface area contributed by atoms with Gasteiger partial charge in [-0.05, 0) is 24.6 Å². The van der Waals surface area contributed by atoms with Gasteiger partial charge in [-0.25, -0.2) is 0 Å². The van der Waals surface area contributed by atoms with Crippen LogP contribution in [0.2, 0.25) is 0 Å². The topological polar surface area (TPSA) is 24.5 Å². The van der Waals surface area contributed by atoms with Gasteiger partial charge in [0, 0.05) is 26.3 Å². The molecule has 1 fully saturated rings. The van der Waals surface area contributed by atoms with Gasteiger partial charge in [-0.15, -0.1) is 0 Å². The van der Waals surface area contributed by atoms with Gasteiger partial charge in [0.1, 0.15) is 0 Å². The Kier molecular flexibility index (Phi) is 3.46. The van der Waals surface area contributed by atoms with Crippen LogP contribution in [0.4, 0.5) is 5.69 Å². The molecule has 1 N–H and O–H groups in total. The number of benzene rings is 1. The zero-order valence-corrected chi connectivity index (χ0v) is 10.2. The molecule has 0 spiro atoms. The lowest BCUT2D eigenvalue weighted by molar-refractivity contribution is 0.0149. The number of nitrogens with zero attached hydrogens (tertiary/aromatic N) is 1. The summed E-state index contributed by atoms with van der Waals surface area (Å²) in [6.45, 7) is 3.79. The van der Waals surface area contributed by atoms with Crippen molar-refractivity contribution in [3.63, 3.8) is 0 Å². The van der Waals surface area contributed by atoms with Crippen LogP contribution < -0.4 is 10.2 Å². The van der Waals surface area contributed by atoms with Gasteiger partial charge >= 0.3 is 0 Å². The quantitative estimate of drug-likeness (QED) is 0.822. The van der Waals surface area contributed by atoms with E-state index in [1.54, 1.807) is 0 Å². The molecule has 1 aliphatic heterocycles. The Balaban J connectivity index is 2.04. The highest BCUT2D eigenvalue weighted by Crippen LogP contribution is 2.20. The molecule has 0 unspecified atom stereocenters. The maximum atomic E-state index is 5.65. The predicted molar refractivity (Wildman–Crippen MR) is 66.9 cm³/mol. The molecule has 0 radical (unpaired) electrons. The molecule has 2 rings (SSSR count). The SMILES string of the molecule is C[C@H]1CN[C@H](c2ccc(N(C)C)cc2)CO1. The summed E-state index contributed by atoms with van der Waals surface area (Å²) >= 11 is 0. The van der Waals surface area contributed by atoms with Gasteiger partial charge in [0.05, 0.1) is 18.8 Å². The second-order valence-electron chi connectivity index (χ2n) is 4.59. The molecule has 1 aromatic rings. The summed E-state index contributed by atoms with van der Waals surface area (Å²) in [7, 11) is 4.11. The molecule has 0 bridgehead atoms. The van der Waals surface area contributed by atoms with E-state index < -0.39 is 0 Å². The Labute approximate surface area is 97.4 Å². The number of hydrogen-bond donors (Lipinski definition) is 1. The Hall–Kier alpha value is -1.06. The molecule has 88 valence electrons.